The molecule has 74 valence electrons. The molecule has 0 radical (unpaired) electrons. The number of nitrogens with two attached hydrogens (primary N) is 1. The first-order valence-corrected chi connectivity index (χ1v) is 4.65. The molecule has 0 spiro atoms. The Labute approximate surface area is 86.8 Å². The maximum absolute atomic E-state index is 5.68. The molecule has 0 fully saturated rings. The van der Waals surface area contributed by atoms with Crippen LogP contribution in [0.1, 0.15) is 11.6 Å². The molecule has 4 nitrogen and oxygen atoms in total. The van der Waals surface area contributed by atoms with Crippen LogP contribution < -0.4 is 5.73 Å². The van der Waals surface area contributed by atoms with E-state index in [0.717, 1.165) is 5.56 Å². The Morgan fingerprint density at radius 1 is 1.50 bits per heavy atom. The van der Waals surface area contributed by atoms with Gasteiger partial charge in [-0.2, -0.15) is 0 Å². The zero-order valence-electron chi connectivity index (χ0n) is 7.48. The third kappa shape index (κ3) is 2.02. The Kier molecular flexibility index (Phi) is 2.65. The third-order valence-corrected chi connectivity index (χ3v) is 2.21. The summed E-state index contributed by atoms with van der Waals surface area (Å²) in [6.07, 6.45) is 1.69. The van der Waals surface area contributed by atoms with Crippen LogP contribution in [0.25, 0.3) is 0 Å². The highest BCUT2D eigenvalue weighted by molar-refractivity contribution is 6.29. The molecule has 0 saturated heterocycles. The number of hydrogen-bond acceptors (Lipinski definition) is 4. The monoisotopic (exact) mass is 211 g/mol. The van der Waals surface area contributed by atoms with E-state index < -0.39 is 0 Å². The second-order valence-electron chi connectivity index (χ2n) is 3.07. The number of hydrogen-bond donors (Lipinski definition) is 1. The highest BCUT2D eigenvalue weighted by Gasteiger charge is 2.15. The highest BCUT2D eigenvalue weighted by Crippen LogP contribution is 2.20. The second kappa shape index (κ2) is 3.94. The number of nitrogens with zero attached hydrogens (tertiary/aromatic N) is 2. The van der Waals surface area contributed by atoms with Crippen molar-refractivity contribution in [2.24, 2.45) is 10.7 Å². The largest absolute Gasteiger partial charge is 0.386 e. The van der Waals surface area contributed by atoms with Crippen LogP contribution in [0.4, 0.5) is 0 Å². The van der Waals surface area contributed by atoms with Gasteiger partial charge in [0.15, 0.2) is 0 Å². The Morgan fingerprint density at radius 2 is 2.36 bits per heavy atom. The summed E-state index contributed by atoms with van der Waals surface area (Å²) in [4.78, 5) is 8.25. The molecular formula is C9H10ClN3O. The molecule has 0 aromatic carbocycles. The molecule has 14 heavy (non-hydrogen) atoms. The summed E-state index contributed by atoms with van der Waals surface area (Å²) in [5.74, 6) is 0.524. The molecule has 1 aromatic heterocycles. The third-order valence-electron chi connectivity index (χ3n) is 1.98. The van der Waals surface area contributed by atoms with Gasteiger partial charge in [-0.3, -0.25) is 4.99 Å². The summed E-state index contributed by atoms with van der Waals surface area (Å²) in [6.45, 7) is 0.960. The SMILES string of the molecule is NC1=N[C@@H](c2ccc(Cl)nc2)COC1. The van der Waals surface area contributed by atoms with Crippen LogP contribution in [0, 0.1) is 0 Å². The van der Waals surface area contributed by atoms with E-state index in [1.54, 1.807) is 12.3 Å². The number of rotatable bonds is 1. The van der Waals surface area contributed by atoms with Crippen molar-refractivity contribution in [2.45, 2.75) is 6.04 Å². The van der Waals surface area contributed by atoms with Gasteiger partial charge in [0, 0.05) is 6.20 Å². The normalized spacial score (nSPS) is 21.8. The fourth-order valence-electron chi connectivity index (χ4n) is 1.30. The summed E-state index contributed by atoms with van der Waals surface area (Å²) < 4.78 is 5.26. The quantitative estimate of drug-likeness (QED) is 0.710. The molecule has 0 saturated carbocycles. The van der Waals surface area contributed by atoms with E-state index in [1.807, 2.05) is 6.07 Å². The van der Waals surface area contributed by atoms with E-state index in [0.29, 0.717) is 24.2 Å². The molecule has 2 rings (SSSR count). The maximum atomic E-state index is 5.68. The minimum atomic E-state index is -0.0477. The lowest BCUT2D eigenvalue weighted by Crippen LogP contribution is -2.27. The van der Waals surface area contributed by atoms with Gasteiger partial charge < -0.3 is 10.5 Å². The van der Waals surface area contributed by atoms with Crippen LogP contribution in [-0.4, -0.2) is 24.0 Å². The Hall–Kier alpha value is -1.13. The van der Waals surface area contributed by atoms with Crippen LogP contribution in [0.5, 0.6) is 0 Å². The van der Waals surface area contributed by atoms with Crippen molar-refractivity contribution in [3.05, 3.63) is 29.0 Å². The smallest absolute Gasteiger partial charge is 0.129 e. The summed E-state index contributed by atoms with van der Waals surface area (Å²) >= 11 is 5.68. The fourth-order valence-corrected chi connectivity index (χ4v) is 1.42. The maximum Gasteiger partial charge on any atom is 0.129 e. The molecule has 0 unspecified atom stereocenters. The predicted octanol–water partition coefficient (Wildman–Crippen LogP) is 1.16. The lowest BCUT2D eigenvalue weighted by Gasteiger charge is -2.18. The summed E-state index contributed by atoms with van der Waals surface area (Å²) in [7, 11) is 0. The minimum Gasteiger partial charge on any atom is -0.386 e. The van der Waals surface area contributed by atoms with E-state index in [4.69, 9.17) is 22.1 Å². The van der Waals surface area contributed by atoms with Crippen molar-refractivity contribution in [1.29, 1.82) is 0 Å². The van der Waals surface area contributed by atoms with E-state index in [2.05, 4.69) is 9.98 Å². The summed E-state index contributed by atoms with van der Waals surface area (Å²) in [6, 6.07) is 3.57. The molecule has 1 aliphatic rings. The molecule has 0 bridgehead atoms. The lowest BCUT2D eigenvalue weighted by atomic mass is 10.1. The van der Waals surface area contributed by atoms with Gasteiger partial charge in [-0.05, 0) is 11.6 Å². The van der Waals surface area contributed by atoms with Gasteiger partial charge in [-0.1, -0.05) is 17.7 Å². The van der Waals surface area contributed by atoms with Crippen LogP contribution in [0.2, 0.25) is 5.15 Å². The number of pyridine rings is 1. The van der Waals surface area contributed by atoms with E-state index >= 15 is 0 Å². The van der Waals surface area contributed by atoms with Gasteiger partial charge in [-0.15, -0.1) is 0 Å². The van der Waals surface area contributed by atoms with Crippen molar-refractivity contribution < 1.29 is 4.74 Å². The molecule has 5 heteroatoms. The second-order valence-corrected chi connectivity index (χ2v) is 3.45. The van der Waals surface area contributed by atoms with Crippen molar-refractivity contribution >= 4 is 17.4 Å². The molecule has 1 aromatic rings. The summed E-state index contributed by atoms with van der Waals surface area (Å²) in [5.41, 5.74) is 6.54. The average molecular weight is 212 g/mol. The van der Waals surface area contributed by atoms with Crippen molar-refractivity contribution in [1.82, 2.24) is 4.98 Å². The average Bonchev–Trinajstić information content (AvgIpc) is 2.19. The van der Waals surface area contributed by atoms with Crippen molar-refractivity contribution in [3.63, 3.8) is 0 Å². The molecule has 0 amide bonds. The van der Waals surface area contributed by atoms with Crippen molar-refractivity contribution in [3.8, 4) is 0 Å². The summed E-state index contributed by atoms with van der Waals surface area (Å²) in [5, 5.41) is 0.474. The standard InChI is InChI=1S/C9H10ClN3O/c10-8-2-1-6(3-12-8)7-4-14-5-9(11)13-7/h1-3,7H,4-5H2,(H2,11,13)/t7-/m1/s1. The molecule has 2 heterocycles. The first kappa shape index (κ1) is 9.43. The van der Waals surface area contributed by atoms with Gasteiger partial charge in [0.05, 0.1) is 6.61 Å². The number of amidine groups is 1. The van der Waals surface area contributed by atoms with E-state index in [-0.39, 0.29) is 6.04 Å². The Balaban J connectivity index is 2.22. The number of ether oxygens (including phenoxy) is 1. The number of aromatic nitrogens is 1. The molecule has 0 aliphatic carbocycles. The van der Waals surface area contributed by atoms with Gasteiger partial charge in [0.1, 0.15) is 23.6 Å². The van der Waals surface area contributed by atoms with Gasteiger partial charge in [0.2, 0.25) is 0 Å². The molecule has 2 N–H and O–H groups in total. The van der Waals surface area contributed by atoms with Crippen LogP contribution in [0.15, 0.2) is 23.3 Å². The Bertz CT molecular complexity index is 350. The van der Waals surface area contributed by atoms with Crippen LogP contribution in [0.3, 0.4) is 0 Å². The molecule has 1 aliphatic heterocycles. The predicted molar refractivity (Wildman–Crippen MR) is 54.4 cm³/mol. The fraction of sp³-hybridized carbons (Fsp3) is 0.333. The first-order valence-electron chi connectivity index (χ1n) is 4.27. The zero-order chi connectivity index (χ0) is 9.97. The Morgan fingerprint density at radius 3 is 3.00 bits per heavy atom. The first-order chi connectivity index (χ1) is 6.75. The molecule has 1 atom stereocenters. The van der Waals surface area contributed by atoms with Crippen LogP contribution >= 0.6 is 11.6 Å². The number of aliphatic imine (C=N–C) groups is 1. The zero-order valence-corrected chi connectivity index (χ0v) is 8.24. The topological polar surface area (TPSA) is 60.5 Å². The minimum absolute atomic E-state index is 0.0477. The molecular weight excluding hydrogens is 202 g/mol. The van der Waals surface area contributed by atoms with Crippen molar-refractivity contribution in [2.75, 3.05) is 13.2 Å². The van der Waals surface area contributed by atoms with Gasteiger partial charge in [-0.25, -0.2) is 4.98 Å². The van der Waals surface area contributed by atoms with Crippen LogP contribution in [-0.2, 0) is 4.74 Å². The number of halogens is 1. The lowest BCUT2D eigenvalue weighted by molar-refractivity contribution is 0.143. The van der Waals surface area contributed by atoms with E-state index in [1.165, 1.54) is 0 Å². The van der Waals surface area contributed by atoms with Gasteiger partial charge in [0.25, 0.3) is 0 Å². The van der Waals surface area contributed by atoms with E-state index in [9.17, 15) is 0 Å². The van der Waals surface area contributed by atoms with Gasteiger partial charge >= 0.3 is 0 Å². The highest BCUT2D eigenvalue weighted by atomic mass is 35.5.